The minimum Gasteiger partial charge on any atom is -0.370 e. The highest BCUT2D eigenvalue weighted by molar-refractivity contribution is 5.43. The Balaban J connectivity index is 1.83. The molecule has 0 aliphatic carbocycles. The number of anilines is 1. The van der Waals surface area contributed by atoms with E-state index in [2.05, 4.69) is 29.2 Å². The van der Waals surface area contributed by atoms with Gasteiger partial charge in [0.15, 0.2) is 0 Å². The smallest absolute Gasteiger partial charge is 0.268 e. The van der Waals surface area contributed by atoms with E-state index in [9.17, 15) is 4.79 Å². The first-order chi connectivity index (χ1) is 10.2. The van der Waals surface area contributed by atoms with Crippen molar-refractivity contribution in [1.29, 1.82) is 0 Å². The average molecular weight is 292 g/mol. The monoisotopic (exact) mass is 292 g/mol. The molecule has 1 aromatic rings. The Morgan fingerprint density at radius 1 is 1.24 bits per heavy atom. The Morgan fingerprint density at radius 2 is 2.00 bits per heavy atom. The molecule has 0 radical (unpaired) electrons. The Bertz CT molecular complexity index is 477. The van der Waals surface area contributed by atoms with Gasteiger partial charge in [0.1, 0.15) is 0 Å². The van der Waals surface area contributed by atoms with Crippen LogP contribution in [0.25, 0.3) is 0 Å². The molecular weight excluding hydrogens is 264 g/mol. The highest BCUT2D eigenvalue weighted by Gasteiger charge is 2.12. The van der Waals surface area contributed by atoms with Gasteiger partial charge in [-0.15, -0.1) is 0 Å². The second kappa shape index (κ2) is 8.17. The highest BCUT2D eigenvalue weighted by Crippen LogP contribution is 2.16. The summed E-state index contributed by atoms with van der Waals surface area (Å²) in [6, 6.07) is 2.26. The molecule has 1 fully saturated rings. The summed E-state index contributed by atoms with van der Waals surface area (Å²) in [6.45, 7) is 8.09. The first kappa shape index (κ1) is 16.0. The third-order valence-electron chi connectivity index (χ3n) is 3.93. The number of unbranched alkanes of at least 4 members (excludes halogenated alkanes) is 1. The topological polar surface area (TPSA) is 50.2 Å². The third kappa shape index (κ3) is 5.16. The Kier molecular flexibility index (Phi) is 6.23. The van der Waals surface area contributed by atoms with Gasteiger partial charge in [0.25, 0.3) is 5.56 Å². The second-order valence-corrected chi connectivity index (χ2v) is 6.14. The van der Waals surface area contributed by atoms with Crippen LogP contribution in [0.3, 0.4) is 0 Å². The van der Waals surface area contributed by atoms with Crippen molar-refractivity contribution in [3.8, 4) is 0 Å². The molecule has 2 rings (SSSR count). The number of rotatable bonds is 7. The van der Waals surface area contributed by atoms with Gasteiger partial charge >= 0.3 is 0 Å². The van der Waals surface area contributed by atoms with E-state index < -0.39 is 0 Å². The lowest BCUT2D eigenvalue weighted by Gasteiger charge is -2.28. The molecule has 118 valence electrons. The van der Waals surface area contributed by atoms with Crippen LogP contribution >= 0.6 is 0 Å². The lowest BCUT2D eigenvalue weighted by atomic mass is 10.1. The van der Waals surface area contributed by atoms with E-state index >= 15 is 0 Å². The largest absolute Gasteiger partial charge is 0.370 e. The average Bonchev–Trinajstić information content (AvgIpc) is 2.49. The fraction of sp³-hybridized carbons (Fsp3) is 0.750. The number of aromatic nitrogens is 2. The van der Waals surface area contributed by atoms with Crippen LogP contribution in [0.15, 0.2) is 17.1 Å². The molecule has 5 nitrogen and oxygen atoms in total. The van der Waals surface area contributed by atoms with Crippen molar-refractivity contribution in [2.75, 3.05) is 24.5 Å². The van der Waals surface area contributed by atoms with Crippen molar-refractivity contribution in [2.24, 2.45) is 0 Å². The van der Waals surface area contributed by atoms with Gasteiger partial charge in [-0.25, -0.2) is 4.68 Å². The molecule has 2 heterocycles. The molecule has 0 saturated carbocycles. The predicted molar refractivity (Wildman–Crippen MR) is 86.9 cm³/mol. The molecule has 1 saturated heterocycles. The minimum absolute atomic E-state index is 0.0230. The summed E-state index contributed by atoms with van der Waals surface area (Å²) >= 11 is 0. The van der Waals surface area contributed by atoms with Crippen molar-refractivity contribution in [3.05, 3.63) is 22.6 Å². The standard InChI is InChI=1S/C16H28N4O/c1-14(2)17-8-4-7-11-20-16(21)12-15(13-18-20)19-9-5-3-6-10-19/h12-14,17H,3-11H2,1-2H3. The van der Waals surface area contributed by atoms with Crippen molar-refractivity contribution >= 4 is 5.69 Å². The van der Waals surface area contributed by atoms with Gasteiger partial charge in [-0.1, -0.05) is 13.8 Å². The van der Waals surface area contributed by atoms with Crippen molar-refractivity contribution in [1.82, 2.24) is 15.1 Å². The fourth-order valence-corrected chi connectivity index (χ4v) is 2.69. The third-order valence-corrected chi connectivity index (χ3v) is 3.93. The van der Waals surface area contributed by atoms with Crippen LogP contribution in [0, 0.1) is 0 Å². The van der Waals surface area contributed by atoms with E-state index in [4.69, 9.17) is 0 Å². The van der Waals surface area contributed by atoms with Crippen LogP contribution < -0.4 is 15.8 Å². The molecule has 1 N–H and O–H groups in total. The number of hydrogen-bond acceptors (Lipinski definition) is 4. The van der Waals surface area contributed by atoms with Crippen molar-refractivity contribution < 1.29 is 0 Å². The lowest BCUT2D eigenvalue weighted by Crippen LogP contribution is -2.32. The molecule has 1 aliphatic rings. The molecule has 0 atom stereocenters. The van der Waals surface area contributed by atoms with E-state index in [1.165, 1.54) is 19.3 Å². The van der Waals surface area contributed by atoms with E-state index in [0.29, 0.717) is 12.6 Å². The van der Waals surface area contributed by atoms with Crippen molar-refractivity contribution in [3.63, 3.8) is 0 Å². The second-order valence-electron chi connectivity index (χ2n) is 6.14. The summed E-state index contributed by atoms with van der Waals surface area (Å²) in [5.41, 5.74) is 1.01. The van der Waals surface area contributed by atoms with E-state index in [0.717, 1.165) is 38.2 Å². The zero-order chi connectivity index (χ0) is 15.1. The molecule has 5 heteroatoms. The molecule has 0 bridgehead atoms. The maximum atomic E-state index is 12.1. The van der Waals surface area contributed by atoms with E-state index in [-0.39, 0.29) is 5.56 Å². The van der Waals surface area contributed by atoms with Gasteiger partial charge in [0, 0.05) is 31.7 Å². The van der Waals surface area contributed by atoms with Gasteiger partial charge in [0.2, 0.25) is 0 Å². The number of aryl methyl sites for hydroxylation is 1. The summed E-state index contributed by atoms with van der Waals surface area (Å²) in [5, 5.41) is 7.71. The van der Waals surface area contributed by atoms with E-state index in [1.807, 2.05) is 6.20 Å². The molecule has 0 unspecified atom stereocenters. The Morgan fingerprint density at radius 3 is 2.67 bits per heavy atom. The number of nitrogens with one attached hydrogen (secondary N) is 1. The molecule has 0 aromatic carbocycles. The van der Waals surface area contributed by atoms with E-state index in [1.54, 1.807) is 10.7 Å². The number of piperidine rings is 1. The van der Waals surface area contributed by atoms with Crippen LogP contribution in [0.4, 0.5) is 5.69 Å². The quantitative estimate of drug-likeness (QED) is 0.781. The maximum absolute atomic E-state index is 12.1. The predicted octanol–water partition coefficient (Wildman–Crippen LogP) is 2.01. The zero-order valence-electron chi connectivity index (χ0n) is 13.3. The van der Waals surface area contributed by atoms with Gasteiger partial charge < -0.3 is 10.2 Å². The maximum Gasteiger partial charge on any atom is 0.268 e. The Hall–Kier alpha value is -1.36. The van der Waals surface area contributed by atoms with Crippen molar-refractivity contribution in [2.45, 2.75) is 58.5 Å². The van der Waals surface area contributed by atoms with Gasteiger partial charge in [-0.05, 0) is 38.6 Å². The summed E-state index contributed by atoms with van der Waals surface area (Å²) in [4.78, 5) is 14.4. The summed E-state index contributed by atoms with van der Waals surface area (Å²) < 4.78 is 1.59. The molecule has 1 aliphatic heterocycles. The molecule has 1 aromatic heterocycles. The van der Waals surface area contributed by atoms with Crippen LogP contribution in [0.1, 0.15) is 46.0 Å². The molecule has 0 spiro atoms. The fourth-order valence-electron chi connectivity index (χ4n) is 2.69. The van der Waals surface area contributed by atoms with Gasteiger partial charge in [-0.3, -0.25) is 4.79 Å². The summed E-state index contributed by atoms with van der Waals surface area (Å²) in [6.07, 6.45) is 7.62. The van der Waals surface area contributed by atoms with Gasteiger partial charge in [-0.2, -0.15) is 5.10 Å². The molecule has 0 amide bonds. The Labute approximate surface area is 127 Å². The SMILES string of the molecule is CC(C)NCCCCn1ncc(N2CCCCC2)cc1=O. The summed E-state index contributed by atoms with van der Waals surface area (Å²) in [5.74, 6) is 0. The number of hydrogen-bond donors (Lipinski definition) is 1. The number of nitrogens with zero attached hydrogens (tertiary/aromatic N) is 3. The van der Waals surface area contributed by atoms with Crippen LogP contribution in [0.5, 0.6) is 0 Å². The normalized spacial score (nSPS) is 15.7. The molecular formula is C16H28N4O. The van der Waals surface area contributed by atoms with Gasteiger partial charge in [0.05, 0.1) is 11.9 Å². The zero-order valence-corrected chi connectivity index (χ0v) is 13.3. The summed E-state index contributed by atoms with van der Waals surface area (Å²) in [7, 11) is 0. The first-order valence-corrected chi connectivity index (χ1v) is 8.22. The highest BCUT2D eigenvalue weighted by atomic mass is 16.1. The van der Waals surface area contributed by atoms with Crippen LogP contribution in [0.2, 0.25) is 0 Å². The molecule has 21 heavy (non-hydrogen) atoms. The lowest BCUT2D eigenvalue weighted by molar-refractivity contribution is 0.498. The first-order valence-electron chi connectivity index (χ1n) is 8.22. The minimum atomic E-state index is 0.0230. The van der Waals surface area contributed by atoms with Crippen LogP contribution in [-0.4, -0.2) is 35.5 Å². The van der Waals surface area contributed by atoms with Crippen LogP contribution in [-0.2, 0) is 6.54 Å².